The third-order valence-electron chi connectivity index (χ3n) is 2.42. The van der Waals surface area contributed by atoms with Crippen molar-refractivity contribution in [3.63, 3.8) is 0 Å². The Kier molecular flexibility index (Phi) is 1.90. The normalized spacial score (nSPS) is 37.5. The Morgan fingerprint density at radius 1 is 1.82 bits per heavy atom. The van der Waals surface area contributed by atoms with Crippen molar-refractivity contribution in [2.75, 3.05) is 6.61 Å². The molecule has 2 unspecified atom stereocenters. The lowest BCUT2D eigenvalue weighted by Gasteiger charge is -2.33. The highest BCUT2D eigenvalue weighted by molar-refractivity contribution is 5.71. The second kappa shape index (κ2) is 2.58. The topological polar surface area (TPSA) is 26.3 Å². The summed E-state index contributed by atoms with van der Waals surface area (Å²) in [5, 5.41) is 0. The highest BCUT2D eigenvalue weighted by Gasteiger charge is 2.36. The molecule has 0 saturated carbocycles. The van der Waals surface area contributed by atoms with Crippen molar-refractivity contribution in [3.05, 3.63) is 0 Å². The maximum absolute atomic E-state index is 10.9. The summed E-state index contributed by atoms with van der Waals surface area (Å²) in [6, 6.07) is 0. The highest BCUT2D eigenvalue weighted by Crippen LogP contribution is 2.34. The second-order valence-electron chi connectivity index (χ2n) is 3.32. The van der Waals surface area contributed by atoms with Gasteiger partial charge in [-0.1, -0.05) is 12.8 Å². The fraction of sp³-hybridized carbons (Fsp3) is 0.667. The van der Waals surface area contributed by atoms with Crippen molar-refractivity contribution in [3.8, 4) is 12.3 Å². The molecular weight excluding hydrogens is 140 g/mol. The van der Waals surface area contributed by atoms with E-state index in [1.807, 2.05) is 13.8 Å². The zero-order chi connectivity index (χ0) is 8.48. The summed E-state index contributed by atoms with van der Waals surface area (Å²) in [5.74, 6) is 2.75. The van der Waals surface area contributed by atoms with Crippen molar-refractivity contribution in [1.29, 1.82) is 0 Å². The van der Waals surface area contributed by atoms with Crippen LogP contribution in [0.15, 0.2) is 0 Å². The van der Waals surface area contributed by atoms with Gasteiger partial charge >= 0.3 is 5.97 Å². The van der Waals surface area contributed by atoms with E-state index in [4.69, 9.17) is 11.2 Å². The van der Waals surface area contributed by atoms with Crippen molar-refractivity contribution in [1.82, 2.24) is 0 Å². The van der Waals surface area contributed by atoms with Crippen LogP contribution >= 0.6 is 0 Å². The molecular formula is C9H12O2. The van der Waals surface area contributed by atoms with E-state index >= 15 is 0 Å². The van der Waals surface area contributed by atoms with Gasteiger partial charge in [0.25, 0.3) is 0 Å². The van der Waals surface area contributed by atoms with Gasteiger partial charge in [-0.15, -0.1) is 6.42 Å². The first-order valence-corrected chi connectivity index (χ1v) is 3.72. The van der Waals surface area contributed by atoms with E-state index in [1.54, 1.807) is 0 Å². The van der Waals surface area contributed by atoms with E-state index < -0.39 is 0 Å². The Balaban J connectivity index is 2.78. The maximum atomic E-state index is 10.9. The number of hydrogen-bond acceptors (Lipinski definition) is 2. The largest absolute Gasteiger partial charge is 0.465 e. The molecule has 2 nitrogen and oxygen atoms in total. The zero-order valence-electron chi connectivity index (χ0n) is 6.89. The van der Waals surface area contributed by atoms with Gasteiger partial charge in [-0.05, 0) is 6.92 Å². The fourth-order valence-corrected chi connectivity index (χ4v) is 1.12. The lowest BCUT2D eigenvalue weighted by Crippen LogP contribution is -2.36. The van der Waals surface area contributed by atoms with Crippen LogP contribution in [0.4, 0.5) is 0 Å². The molecule has 11 heavy (non-hydrogen) atoms. The van der Waals surface area contributed by atoms with E-state index in [0.717, 1.165) is 0 Å². The quantitative estimate of drug-likeness (QED) is 0.385. The molecule has 0 amide bonds. The summed E-state index contributed by atoms with van der Waals surface area (Å²) in [6.45, 7) is 4.39. The second-order valence-corrected chi connectivity index (χ2v) is 3.32. The van der Waals surface area contributed by atoms with Gasteiger partial charge in [0.15, 0.2) is 0 Å². The third-order valence-corrected chi connectivity index (χ3v) is 2.42. The predicted octanol–water partition coefficient (Wildman–Crippen LogP) is 1.21. The van der Waals surface area contributed by atoms with Gasteiger partial charge in [0.2, 0.25) is 0 Å². The molecule has 2 heteroatoms. The van der Waals surface area contributed by atoms with Crippen LogP contribution in [-0.4, -0.2) is 12.6 Å². The third kappa shape index (κ3) is 1.37. The summed E-state index contributed by atoms with van der Waals surface area (Å²) in [5.41, 5.74) is -0.296. The Morgan fingerprint density at radius 2 is 2.45 bits per heavy atom. The molecule has 0 aromatic carbocycles. The molecule has 0 aliphatic carbocycles. The molecule has 0 N–H and O–H groups in total. The van der Waals surface area contributed by atoms with Gasteiger partial charge in [-0.2, -0.15) is 0 Å². The average molecular weight is 152 g/mol. The van der Waals surface area contributed by atoms with Gasteiger partial charge in [0.05, 0.1) is 13.0 Å². The summed E-state index contributed by atoms with van der Waals surface area (Å²) < 4.78 is 4.85. The average Bonchev–Trinajstić information content (AvgIpc) is 1.98. The minimum atomic E-state index is -0.296. The first-order chi connectivity index (χ1) is 5.08. The van der Waals surface area contributed by atoms with Crippen molar-refractivity contribution in [2.24, 2.45) is 11.3 Å². The predicted molar refractivity (Wildman–Crippen MR) is 41.7 cm³/mol. The first kappa shape index (κ1) is 8.13. The Hall–Kier alpha value is -0.970. The van der Waals surface area contributed by atoms with E-state index in [1.165, 1.54) is 0 Å². The van der Waals surface area contributed by atoms with Crippen molar-refractivity contribution in [2.45, 2.75) is 20.3 Å². The zero-order valence-corrected chi connectivity index (χ0v) is 6.89. The number of terminal acetylenes is 1. The number of esters is 1. The monoisotopic (exact) mass is 152 g/mol. The summed E-state index contributed by atoms with van der Waals surface area (Å²) in [7, 11) is 0. The molecule has 60 valence electrons. The Bertz CT molecular complexity index is 214. The van der Waals surface area contributed by atoms with Gasteiger partial charge in [-0.3, -0.25) is 4.79 Å². The van der Waals surface area contributed by atoms with Crippen LogP contribution in [-0.2, 0) is 9.53 Å². The highest BCUT2D eigenvalue weighted by atomic mass is 16.5. The molecule has 1 fully saturated rings. The molecule has 1 rings (SSSR count). The van der Waals surface area contributed by atoms with E-state index in [-0.39, 0.29) is 17.3 Å². The van der Waals surface area contributed by atoms with Crippen LogP contribution in [0.5, 0.6) is 0 Å². The molecule has 0 bridgehead atoms. The van der Waals surface area contributed by atoms with Crippen LogP contribution in [0, 0.1) is 23.7 Å². The molecule has 1 heterocycles. The number of carbonyl (C=O) groups excluding carboxylic acids is 1. The number of rotatable bonds is 0. The maximum Gasteiger partial charge on any atom is 0.307 e. The molecule has 1 aliphatic heterocycles. The fourth-order valence-electron chi connectivity index (χ4n) is 1.12. The van der Waals surface area contributed by atoms with Gasteiger partial charge < -0.3 is 4.74 Å². The Morgan fingerprint density at radius 3 is 2.91 bits per heavy atom. The standard InChI is InChI=1S/C9H12O2/c1-4-9(3)5-8(10)11-6-7(9)2/h1,7H,5-6H2,2-3H3. The van der Waals surface area contributed by atoms with E-state index in [0.29, 0.717) is 13.0 Å². The van der Waals surface area contributed by atoms with Gasteiger partial charge in [0.1, 0.15) is 0 Å². The Labute approximate surface area is 66.9 Å². The molecule has 0 radical (unpaired) electrons. The minimum absolute atomic E-state index is 0.177. The van der Waals surface area contributed by atoms with Crippen LogP contribution in [0.2, 0.25) is 0 Å². The number of carbonyl (C=O) groups is 1. The SMILES string of the molecule is C#CC1(C)CC(=O)OCC1C. The molecule has 1 saturated heterocycles. The van der Waals surface area contributed by atoms with Crippen LogP contribution in [0.1, 0.15) is 20.3 Å². The van der Waals surface area contributed by atoms with Crippen LogP contribution < -0.4 is 0 Å². The summed E-state index contributed by atoms with van der Waals surface area (Å²) in [6.07, 6.45) is 5.68. The number of hydrogen-bond donors (Lipinski definition) is 0. The van der Waals surface area contributed by atoms with Crippen molar-refractivity contribution < 1.29 is 9.53 Å². The van der Waals surface area contributed by atoms with Gasteiger partial charge in [-0.25, -0.2) is 0 Å². The van der Waals surface area contributed by atoms with E-state index in [9.17, 15) is 4.79 Å². The molecule has 2 atom stereocenters. The lowest BCUT2D eigenvalue weighted by molar-refractivity contribution is -0.154. The summed E-state index contributed by atoms with van der Waals surface area (Å²) in [4.78, 5) is 10.9. The molecule has 0 aromatic heterocycles. The summed E-state index contributed by atoms with van der Waals surface area (Å²) >= 11 is 0. The molecule has 1 aliphatic rings. The van der Waals surface area contributed by atoms with Gasteiger partial charge in [0, 0.05) is 11.3 Å². The smallest absolute Gasteiger partial charge is 0.307 e. The van der Waals surface area contributed by atoms with Crippen molar-refractivity contribution >= 4 is 5.97 Å². The molecule has 0 aromatic rings. The van der Waals surface area contributed by atoms with E-state index in [2.05, 4.69) is 5.92 Å². The number of ether oxygens (including phenoxy) is 1. The molecule has 0 spiro atoms. The van der Waals surface area contributed by atoms with Crippen LogP contribution in [0.25, 0.3) is 0 Å². The number of cyclic esters (lactones) is 1. The van der Waals surface area contributed by atoms with Crippen LogP contribution in [0.3, 0.4) is 0 Å². The lowest BCUT2D eigenvalue weighted by atomic mass is 9.75. The first-order valence-electron chi connectivity index (χ1n) is 3.72. The minimum Gasteiger partial charge on any atom is -0.465 e.